The lowest BCUT2D eigenvalue weighted by molar-refractivity contribution is -0.138. The van der Waals surface area contributed by atoms with Crippen LogP contribution in [-0.2, 0) is 16.0 Å². The lowest BCUT2D eigenvalue weighted by Gasteiger charge is -2.16. The molecule has 1 aliphatic rings. The molecule has 3 heterocycles. The van der Waals surface area contributed by atoms with E-state index in [0.29, 0.717) is 16.9 Å². The van der Waals surface area contributed by atoms with Crippen LogP contribution in [0.2, 0.25) is 0 Å². The van der Waals surface area contributed by atoms with Crippen molar-refractivity contribution in [3.63, 3.8) is 0 Å². The summed E-state index contributed by atoms with van der Waals surface area (Å²) in [5.41, 5.74) is 6.50. The van der Waals surface area contributed by atoms with Crippen molar-refractivity contribution in [1.82, 2.24) is 19.5 Å². The number of aromatic nitrogens is 4. The molecular formula is C13H17N5O6. The van der Waals surface area contributed by atoms with Crippen LogP contribution in [0.3, 0.4) is 0 Å². The summed E-state index contributed by atoms with van der Waals surface area (Å²) in [5, 5.41) is 38.0. The molecule has 0 unspecified atom stereocenters. The summed E-state index contributed by atoms with van der Waals surface area (Å²) in [4.78, 5) is 23.1. The van der Waals surface area contributed by atoms with Crippen LogP contribution in [0, 0.1) is 0 Å². The summed E-state index contributed by atoms with van der Waals surface area (Å²) in [7, 11) is 0. The minimum Gasteiger partial charge on any atom is -0.480 e. The molecule has 0 saturated carbocycles. The van der Waals surface area contributed by atoms with Gasteiger partial charge in [0, 0.05) is 6.42 Å². The van der Waals surface area contributed by atoms with Gasteiger partial charge in [0.2, 0.25) is 0 Å². The second kappa shape index (κ2) is 6.37. The maximum atomic E-state index is 10.9. The van der Waals surface area contributed by atoms with Crippen molar-refractivity contribution in [2.75, 3.05) is 6.61 Å². The molecular weight excluding hydrogens is 322 g/mol. The molecule has 1 fully saturated rings. The molecule has 0 aliphatic carbocycles. The van der Waals surface area contributed by atoms with Gasteiger partial charge in [-0.15, -0.1) is 0 Å². The number of hydrogen-bond donors (Lipinski definition) is 5. The van der Waals surface area contributed by atoms with E-state index in [9.17, 15) is 15.0 Å². The lowest BCUT2D eigenvalue weighted by atomic mass is 10.1. The number of carboxylic acid groups (broad SMARTS) is 1. The number of rotatable bonds is 5. The van der Waals surface area contributed by atoms with E-state index in [1.54, 1.807) is 0 Å². The summed E-state index contributed by atoms with van der Waals surface area (Å²) in [6, 6.07) is -1.14. The van der Waals surface area contributed by atoms with Crippen LogP contribution in [0.4, 0.5) is 0 Å². The first-order chi connectivity index (χ1) is 11.4. The van der Waals surface area contributed by atoms with Gasteiger partial charge in [-0.2, -0.15) is 0 Å². The van der Waals surface area contributed by atoms with E-state index in [-0.39, 0.29) is 6.42 Å². The van der Waals surface area contributed by atoms with Crippen molar-refractivity contribution >= 4 is 17.1 Å². The molecule has 11 heteroatoms. The van der Waals surface area contributed by atoms with Crippen LogP contribution >= 0.6 is 0 Å². The van der Waals surface area contributed by atoms with Gasteiger partial charge in [-0.25, -0.2) is 15.0 Å². The number of carboxylic acids is 1. The normalized spacial score (nSPS) is 28.3. The number of nitrogens with zero attached hydrogens (tertiary/aromatic N) is 4. The zero-order chi connectivity index (χ0) is 17.4. The Morgan fingerprint density at radius 2 is 2.08 bits per heavy atom. The number of aliphatic carboxylic acids is 1. The SMILES string of the molecule is N[C@@H](Cc1ncnc2c1ncn2[C@@H]1O[C@H](CO)[C@@H](O)[C@H]1O)C(=O)O. The smallest absolute Gasteiger partial charge is 0.320 e. The van der Waals surface area contributed by atoms with E-state index in [0.717, 1.165) is 0 Å². The Balaban J connectivity index is 1.96. The van der Waals surface area contributed by atoms with Crippen LogP contribution in [0.1, 0.15) is 11.9 Å². The van der Waals surface area contributed by atoms with Gasteiger partial charge >= 0.3 is 5.97 Å². The van der Waals surface area contributed by atoms with Crippen LogP contribution in [-0.4, -0.2) is 76.9 Å². The molecule has 5 atom stereocenters. The van der Waals surface area contributed by atoms with Gasteiger partial charge in [0.25, 0.3) is 0 Å². The van der Waals surface area contributed by atoms with E-state index >= 15 is 0 Å². The van der Waals surface area contributed by atoms with Crippen molar-refractivity contribution in [3.8, 4) is 0 Å². The molecule has 3 rings (SSSR count). The third-order valence-corrected chi connectivity index (χ3v) is 3.96. The molecule has 2 aromatic heterocycles. The summed E-state index contributed by atoms with van der Waals surface area (Å²) in [6.45, 7) is -0.449. The molecule has 0 amide bonds. The number of aliphatic hydroxyl groups is 3. The van der Waals surface area contributed by atoms with E-state index in [2.05, 4.69) is 15.0 Å². The average Bonchev–Trinajstić information content (AvgIpc) is 3.10. The van der Waals surface area contributed by atoms with Crippen molar-refractivity contribution in [1.29, 1.82) is 0 Å². The van der Waals surface area contributed by atoms with E-state index in [1.165, 1.54) is 17.2 Å². The highest BCUT2D eigenvalue weighted by atomic mass is 16.6. The van der Waals surface area contributed by atoms with Crippen molar-refractivity contribution in [2.24, 2.45) is 5.73 Å². The zero-order valence-corrected chi connectivity index (χ0v) is 12.4. The molecule has 1 saturated heterocycles. The van der Waals surface area contributed by atoms with E-state index < -0.39 is 43.2 Å². The third kappa shape index (κ3) is 2.72. The van der Waals surface area contributed by atoms with Gasteiger partial charge in [0.15, 0.2) is 11.9 Å². The molecule has 0 aromatic carbocycles. The molecule has 1 aliphatic heterocycles. The molecule has 6 N–H and O–H groups in total. The molecule has 2 aromatic rings. The second-order valence-electron chi connectivity index (χ2n) is 5.52. The predicted molar refractivity (Wildman–Crippen MR) is 77.6 cm³/mol. The number of nitrogens with two attached hydrogens (primary N) is 1. The first-order valence-corrected chi connectivity index (χ1v) is 7.21. The summed E-state index contributed by atoms with van der Waals surface area (Å²) in [6.07, 6.45) is -1.91. The Labute approximate surface area is 135 Å². The number of ether oxygens (including phenoxy) is 1. The molecule has 130 valence electrons. The Morgan fingerprint density at radius 1 is 1.33 bits per heavy atom. The largest absolute Gasteiger partial charge is 0.480 e. The standard InChI is InChI=1S/C13H17N5O6/c14-5(13(22)23)1-6-8-11(16-3-15-6)18(4-17-8)12-10(21)9(20)7(2-19)24-12/h3-5,7,9-10,12,19-21H,1-2,14H2,(H,22,23)/t5-,7+,9+,10+,12+/m0/s1. The fourth-order valence-electron chi connectivity index (χ4n) is 2.64. The third-order valence-electron chi connectivity index (χ3n) is 3.96. The first-order valence-electron chi connectivity index (χ1n) is 7.21. The van der Waals surface area contributed by atoms with Gasteiger partial charge in [0.1, 0.15) is 36.2 Å². The maximum absolute atomic E-state index is 10.9. The fraction of sp³-hybridized carbons (Fsp3) is 0.538. The van der Waals surface area contributed by atoms with Gasteiger partial charge in [-0.05, 0) is 0 Å². The van der Waals surface area contributed by atoms with Crippen molar-refractivity contribution in [2.45, 2.75) is 37.0 Å². The minimum atomic E-state index is -1.28. The molecule has 0 bridgehead atoms. The fourth-order valence-corrected chi connectivity index (χ4v) is 2.64. The van der Waals surface area contributed by atoms with Crippen LogP contribution in [0.5, 0.6) is 0 Å². The Bertz CT molecular complexity index is 752. The predicted octanol–water partition coefficient (Wildman–Crippen LogP) is -2.61. The van der Waals surface area contributed by atoms with Crippen molar-refractivity contribution < 1.29 is 30.0 Å². The van der Waals surface area contributed by atoms with Crippen LogP contribution in [0.25, 0.3) is 11.2 Å². The Morgan fingerprint density at radius 3 is 2.71 bits per heavy atom. The number of aliphatic hydroxyl groups excluding tert-OH is 3. The number of hydrogen-bond acceptors (Lipinski definition) is 9. The van der Waals surface area contributed by atoms with Gasteiger partial charge < -0.3 is 30.9 Å². The Kier molecular flexibility index (Phi) is 4.43. The Hall–Kier alpha value is -2.18. The van der Waals surface area contributed by atoms with Crippen molar-refractivity contribution in [3.05, 3.63) is 18.3 Å². The minimum absolute atomic E-state index is 0.0403. The molecule has 0 radical (unpaired) electrons. The molecule has 24 heavy (non-hydrogen) atoms. The number of fused-ring (bicyclic) bond motifs is 1. The first kappa shape index (κ1) is 16.7. The van der Waals surface area contributed by atoms with E-state index in [4.69, 9.17) is 20.7 Å². The highest BCUT2D eigenvalue weighted by Crippen LogP contribution is 2.31. The zero-order valence-electron chi connectivity index (χ0n) is 12.4. The van der Waals surface area contributed by atoms with E-state index in [1.807, 2.05) is 0 Å². The number of imidazole rings is 1. The maximum Gasteiger partial charge on any atom is 0.320 e. The molecule has 0 spiro atoms. The highest BCUT2D eigenvalue weighted by molar-refractivity contribution is 5.77. The summed E-state index contributed by atoms with van der Waals surface area (Å²) in [5.74, 6) is -1.16. The quantitative estimate of drug-likeness (QED) is 0.388. The summed E-state index contributed by atoms with van der Waals surface area (Å²) < 4.78 is 6.84. The van der Waals surface area contributed by atoms with Crippen LogP contribution in [0.15, 0.2) is 12.7 Å². The average molecular weight is 339 g/mol. The van der Waals surface area contributed by atoms with Gasteiger partial charge in [0.05, 0.1) is 18.6 Å². The number of carbonyl (C=O) groups is 1. The van der Waals surface area contributed by atoms with Gasteiger partial charge in [-0.3, -0.25) is 9.36 Å². The highest BCUT2D eigenvalue weighted by Gasteiger charge is 2.44. The molecule has 11 nitrogen and oxygen atoms in total. The monoisotopic (exact) mass is 339 g/mol. The topological polar surface area (TPSA) is 177 Å². The van der Waals surface area contributed by atoms with Crippen LogP contribution < -0.4 is 5.73 Å². The second-order valence-corrected chi connectivity index (χ2v) is 5.52. The van der Waals surface area contributed by atoms with Gasteiger partial charge in [-0.1, -0.05) is 0 Å². The summed E-state index contributed by atoms with van der Waals surface area (Å²) >= 11 is 0. The lowest BCUT2D eigenvalue weighted by Crippen LogP contribution is -2.33.